The predicted molar refractivity (Wildman–Crippen MR) is 75.7 cm³/mol. The summed E-state index contributed by atoms with van der Waals surface area (Å²) in [6, 6.07) is 12.4. The zero-order chi connectivity index (χ0) is 13.2. The summed E-state index contributed by atoms with van der Waals surface area (Å²) in [5.41, 5.74) is 3.50. The van der Waals surface area contributed by atoms with E-state index in [1.54, 1.807) is 0 Å². The van der Waals surface area contributed by atoms with Crippen LogP contribution in [0.4, 0.5) is 5.82 Å². The highest BCUT2D eigenvalue weighted by atomic mass is 15.2. The second kappa shape index (κ2) is 4.77. The van der Waals surface area contributed by atoms with Crippen LogP contribution in [-0.4, -0.2) is 17.2 Å². The molecule has 0 fully saturated rings. The van der Waals surface area contributed by atoms with Gasteiger partial charge >= 0.3 is 0 Å². The van der Waals surface area contributed by atoms with E-state index in [0.29, 0.717) is 0 Å². The van der Waals surface area contributed by atoms with Gasteiger partial charge < -0.3 is 5.32 Å². The molecule has 0 aliphatic carbocycles. The summed E-state index contributed by atoms with van der Waals surface area (Å²) in [6.07, 6.45) is 0. The number of nitrogens with one attached hydrogen (secondary N) is 1. The molecule has 0 unspecified atom stereocenters. The molecule has 1 aromatic heterocycles. The quantitative estimate of drug-likeness (QED) is 0.874. The first-order chi connectivity index (χ1) is 8.50. The third-order valence-electron chi connectivity index (χ3n) is 2.97. The average molecular weight is 241 g/mol. The molecule has 0 saturated carbocycles. The molecule has 0 bridgehead atoms. The first-order valence-corrected chi connectivity index (χ1v) is 6.13. The van der Waals surface area contributed by atoms with Gasteiger partial charge in [0.25, 0.3) is 0 Å². The Kier molecular flexibility index (Phi) is 3.32. The number of rotatable bonds is 2. The molecule has 3 heteroatoms. The van der Waals surface area contributed by atoms with Crippen molar-refractivity contribution in [3.8, 4) is 11.3 Å². The Morgan fingerprint density at radius 1 is 0.889 bits per heavy atom. The van der Waals surface area contributed by atoms with Crippen molar-refractivity contribution in [2.45, 2.75) is 26.2 Å². The minimum atomic E-state index is 0.181. The largest absolute Gasteiger partial charge is 0.372 e. The predicted octanol–water partition coefficient (Wildman–Crippen LogP) is 3.48. The van der Waals surface area contributed by atoms with Gasteiger partial charge in [0.05, 0.1) is 5.69 Å². The van der Waals surface area contributed by atoms with Crippen LogP contribution in [0, 0.1) is 0 Å². The third kappa shape index (κ3) is 2.67. The fraction of sp³-hybridized carbons (Fsp3) is 0.333. The second-order valence-electron chi connectivity index (χ2n) is 5.38. The van der Waals surface area contributed by atoms with Crippen LogP contribution < -0.4 is 5.32 Å². The molecular weight excluding hydrogens is 222 g/mol. The molecule has 94 valence electrons. The lowest BCUT2D eigenvalue weighted by atomic mass is 9.86. The van der Waals surface area contributed by atoms with E-state index in [2.05, 4.69) is 60.6 Å². The smallest absolute Gasteiger partial charge is 0.148 e. The van der Waals surface area contributed by atoms with Crippen LogP contribution in [0.1, 0.15) is 26.3 Å². The van der Waals surface area contributed by atoms with Crippen molar-refractivity contribution in [2.75, 3.05) is 12.4 Å². The van der Waals surface area contributed by atoms with E-state index in [9.17, 15) is 0 Å². The maximum atomic E-state index is 4.20. The first kappa shape index (κ1) is 12.6. The molecule has 1 heterocycles. The lowest BCUT2D eigenvalue weighted by molar-refractivity contribution is 0.590. The van der Waals surface area contributed by atoms with Crippen LogP contribution in [-0.2, 0) is 5.41 Å². The number of hydrogen-bond donors (Lipinski definition) is 1. The van der Waals surface area contributed by atoms with Crippen LogP contribution >= 0.6 is 0 Å². The number of nitrogens with zero attached hydrogens (tertiary/aromatic N) is 2. The van der Waals surface area contributed by atoms with Crippen LogP contribution in [0.5, 0.6) is 0 Å². The Bertz CT molecular complexity index is 507. The topological polar surface area (TPSA) is 37.8 Å². The maximum absolute atomic E-state index is 4.20. The summed E-state index contributed by atoms with van der Waals surface area (Å²) in [6.45, 7) is 6.64. The highest BCUT2D eigenvalue weighted by molar-refractivity contribution is 5.60. The van der Waals surface area contributed by atoms with Crippen molar-refractivity contribution >= 4 is 5.82 Å². The summed E-state index contributed by atoms with van der Waals surface area (Å²) in [5, 5.41) is 11.2. The van der Waals surface area contributed by atoms with Gasteiger partial charge in [-0.05, 0) is 23.1 Å². The van der Waals surface area contributed by atoms with Crippen LogP contribution in [0.2, 0.25) is 0 Å². The summed E-state index contributed by atoms with van der Waals surface area (Å²) in [7, 11) is 1.84. The fourth-order valence-corrected chi connectivity index (χ4v) is 1.76. The van der Waals surface area contributed by atoms with Crippen molar-refractivity contribution in [2.24, 2.45) is 0 Å². The van der Waals surface area contributed by atoms with Crippen molar-refractivity contribution < 1.29 is 0 Å². The molecule has 2 rings (SSSR count). The lowest BCUT2D eigenvalue weighted by Crippen LogP contribution is -2.10. The summed E-state index contributed by atoms with van der Waals surface area (Å²) >= 11 is 0. The van der Waals surface area contributed by atoms with Gasteiger partial charge in [0.2, 0.25) is 0 Å². The normalized spacial score (nSPS) is 11.3. The van der Waals surface area contributed by atoms with Gasteiger partial charge in [0.1, 0.15) is 5.82 Å². The minimum absolute atomic E-state index is 0.181. The van der Waals surface area contributed by atoms with E-state index >= 15 is 0 Å². The van der Waals surface area contributed by atoms with E-state index in [4.69, 9.17) is 0 Å². The van der Waals surface area contributed by atoms with Gasteiger partial charge in [-0.1, -0.05) is 45.0 Å². The van der Waals surface area contributed by atoms with E-state index in [1.807, 2.05) is 19.2 Å². The second-order valence-corrected chi connectivity index (χ2v) is 5.38. The number of aromatic nitrogens is 2. The molecule has 3 nitrogen and oxygen atoms in total. The molecule has 18 heavy (non-hydrogen) atoms. The van der Waals surface area contributed by atoms with Crippen molar-refractivity contribution in [3.63, 3.8) is 0 Å². The molecule has 1 N–H and O–H groups in total. The highest BCUT2D eigenvalue weighted by Crippen LogP contribution is 2.25. The van der Waals surface area contributed by atoms with Gasteiger partial charge in [-0.3, -0.25) is 0 Å². The molecule has 0 saturated heterocycles. The molecule has 0 atom stereocenters. The molecule has 0 amide bonds. The van der Waals surface area contributed by atoms with E-state index in [-0.39, 0.29) is 5.41 Å². The van der Waals surface area contributed by atoms with Crippen LogP contribution in [0.25, 0.3) is 11.3 Å². The van der Waals surface area contributed by atoms with E-state index in [1.165, 1.54) is 5.56 Å². The van der Waals surface area contributed by atoms with E-state index < -0.39 is 0 Å². The standard InChI is InChI=1S/C15H19N3/c1-15(2,3)12-7-5-11(6-8-12)13-9-10-14(16-4)18-17-13/h5-10H,1-4H3,(H,16,18). The summed E-state index contributed by atoms with van der Waals surface area (Å²) in [4.78, 5) is 0. The van der Waals surface area contributed by atoms with Gasteiger partial charge in [0.15, 0.2) is 0 Å². The Hall–Kier alpha value is -1.90. The zero-order valence-corrected chi connectivity index (χ0v) is 11.4. The monoisotopic (exact) mass is 241 g/mol. The molecular formula is C15H19N3. The third-order valence-corrected chi connectivity index (χ3v) is 2.97. The van der Waals surface area contributed by atoms with Gasteiger partial charge in [0, 0.05) is 12.6 Å². The summed E-state index contributed by atoms with van der Waals surface area (Å²) < 4.78 is 0. The van der Waals surface area contributed by atoms with Crippen molar-refractivity contribution in [3.05, 3.63) is 42.0 Å². The highest BCUT2D eigenvalue weighted by Gasteiger charge is 2.13. The number of hydrogen-bond acceptors (Lipinski definition) is 3. The number of benzene rings is 1. The van der Waals surface area contributed by atoms with Crippen molar-refractivity contribution in [1.29, 1.82) is 0 Å². The van der Waals surface area contributed by atoms with Gasteiger partial charge in [-0.15, -0.1) is 10.2 Å². The Morgan fingerprint density at radius 3 is 2.00 bits per heavy atom. The first-order valence-electron chi connectivity index (χ1n) is 6.13. The maximum Gasteiger partial charge on any atom is 0.148 e. The molecule has 0 radical (unpaired) electrons. The summed E-state index contributed by atoms with van der Waals surface area (Å²) in [5.74, 6) is 0.782. The molecule has 0 aliphatic heterocycles. The molecule has 2 aromatic rings. The Morgan fingerprint density at radius 2 is 1.56 bits per heavy atom. The van der Waals surface area contributed by atoms with E-state index in [0.717, 1.165) is 17.1 Å². The lowest BCUT2D eigenvalue weighted by Gasteiger charge is -2.19. The van der Waals surface area contributed by atoms with Gasteiger partial charge in [-0.2, -0.15) is 0 Å². The van der Waals surface area contributed by atoms with Crippen LogP contribution in [0.15, 0.2) is 36.4 Å². The fourth-order valence-electron chi connectivity index (χ4n) is 1.76. The SMILES string of the molecule is CNc1ccc(-c2ccc(C(C)(C)C)cc2)nn1. The van der Waals surface area contributed by atoms with Crippen LogP contribution in [0.3, 0.4) is 0 Å². The average Bonchev–Trinajstić information content (AvgIpc) is 2.38. The number of anilines is 1. The Balaban J connectivity index is 2.28. The van der Waals surface area contributed by atoms with Crippen molar-refractivity contribution in [1.82, 2.24) is 10.2 Å². The van der Waals surface area contributed by atoms with Gasteiger partial charge in [-0.25, -0.2) is 0 Å². The Labute approximate surface area is 108 Å². The minimum Gasteiger partial charge on any atom is -0.372 e. The molecule has 0 spiro atoms. The molecule has 1 aromatic carbocycles. The zero-order valence-electron chi connectivity index (χ0n) is 11.4. The molecule has 0 aliphatic rings.